The molecule has 2 nitrogen and oxygen atoms in total. The molecule has 9 rings (SSSR count). The van der Waals surface area contributed by atoms with E-state index in [1.807, 2.05) is 0 Å². The maximum Gasteiger partial charge on any atom is 0.0520 e. The largest absolute Gasteiger partial charge is 0.310 e. The van der Waals surface area contributed by atoms with E-state index in [2.05, 4.69) is 284 Å². The van der Waals surface area contributed by atoms with E-state index in [-0.39, 0.29) is 0 Å². The van der Waals surface area contributed by atoms with E-state index in [1.54, 1.807) is 0 Å². The molecular formula is C66H60N2. The Labute approximate surface area is 404 Å². The van der Waals surface area contributed by atoms with Crippen molar-refractivity contribution in [3.8, 4) is 0 Å². The lowest BCUT2D eigenvalue weighted by atomic mass is 9.91. The van der Waals surface area contributed by atoms with Crippen molar-refractivity contribution in [1.29, 1.82) is 0 Å². The van der Waals surface area contributed by atoms with E-state index < -0.39 is 0 Å². The first-order valence-corrected chi connectivity index (χ1v) is 23.7. The zero-order valence-corrected chi connectivity index (χ0v) is 40.7. The Morgan fingerprint density at radius 3 is 0.838 bits per heavy atom. The molecule has 0 aliphatic carbocycles. The molecule has 9 aromatic rings. The Morgan fingerprint density at radius 1 is 0.279 bits per heavy atom. The van der Waals surface area contributed by atoms with Gasteiger partial charge in [0.25, 0.3) is 0 Å². The van der Waals surface area contributed by atoms with Crippen molar-refractivity contribution in [3.05, 3.63) is 284 Å². The van der Waals surface area contributed by atoms with Crippen LogP contribution < -0.4 is 9.80 Å². The van der Waals surface area contributed by atoms with E-state index in [0.29, 0.717) is 0 Å². The third kappa shape index (κ3) is 9.92. The van der Waals surface area contributed by atoms with E-state index in [0.717, 1.165) is 45.0 Å². The Bertz CT molecular complexity index is 2960. The highest BCUT2D eigenvalue weighted by molar-refractivity contribution is 5.95. The van der Waals surface area contributed by atoms with Crippen molar-refractivity contribution >= 4 is 57.4 Å². The summed E-state index contributed by atoms with van der Waals surface area (Å²) >= 11 is 0. The standard InChI is InChI=1S/C66H60N2/c1-45-19-31-59(32-20-45)67(65-49(5)39-47(3)40-50(65)6)61-35-23-53(24-36-61)43-63(55-15-11-9-12-16-55)57-27-29-58(30-28-57)64(56-17-13-10-14-18-56)44-54-25-37-62(38-26-54)68(60-33-21-46(2)22-34-60)66-51(7)41-48(4)42-52(66)8/h9-44H,1-8H3. The van der Waals surface area contributed by atoms with Crippen molar-refractivity contribution in [2.45, 2.75) is 55.4 Å². The van der Waals surface area contributed by atoms with Gasteiger partial charge >= 0.3 is 0 Å². The first-order chi connectivity index (χ1) is 33.0. The molecule has 0 radical (unpaired) electrons. The molecular weight excluding hydrogens is 821 g/mol. The summed E-state index contributed by atoms with van der Waals surface area (Å²) in [6, 6.07) is 75.4. The second-order valence-corrected chi connectivity index (χ2v) is 18.4. The van der Waals surface area contributed by atoms with Gasteiger partial charge in [0, 0.05) is 22.7 Å². The highest BCUT2D eigenvalue weighted by Gasteiger charge is 2.20. The van der Waals surface area contributed by atoms with Crippen LogP contribution in [0, 0.1) is 55.4 Å². The van der Waals surface area contributed by atoms with Gasteiger partial charge in [-0.15, -0.1) is 0 Å². The summed E-state index contributed by atoms with van der Waals surface area (Å²) in [5.74, 6) is 0. The molecule has 0 aliphatic heterocycles. The minimum absolute atomic E-state index is 1.13. The van der Waals surface area contributed by atoms with Crippen LogP contribution in [0.3, 0.4) is 0 Å². The first kappa shape index (κ1) is 45.2. The molecule has 9 aromatic carbocycles. The minimum Gasteiger partial charge on any atom is -0.310 e. The van der Waals surface area contributed by atoms with Crippen LogP contribution >= 0.6 is 0 Å². The lowest BCUT2D eigenvalue weighted by Crippen LogP contribution is -2.13. The Hall–Kier alpha value is -7.94. The Kier molecular flexibility index (Phi) is 13.2. The zero-order chi connectivity index (χ0) is 47.3. The number of hydrogen-bond acceptors (Lipinski definition) is 2. The number of rotatable bonds is 12. The molecule has 0 fully saturated rings. The smallest absolute Gasteiger partial charge is 0.0520 e. The van der Waals surface area contributed by atoms with Crippen molar-refractivity contribution in [1.82, 2.24) is 0 Å². The Balaban J connectivity index is 1.06. The number of anilines is 6. The predicted octanol–water partition coefficient (Wildman–Crippen LogP) is 18.3. The molecule has 68 heavy (non-hydrogen) atoms. The fourth-order valence-corrected chi connectivity index (χ4v) is 9.76. The molecule has 334 valence electrons. The summed E-state index contributed by atoms with van der Waals surface area (Å²) in [6.07, 6.45) is 4.64. The average Bonchev–Trinajstić information content (AvgIpc) is 3.34. The number of nitrogens with zero attached hydrogens (tertiary/aromatic N) is 2. The van der Waals surface area contributed by atoms with E-state index in [1.165, 1.54) is 78.2 Å². The van der Waals surface area contributed by atoms with E-state index in [4.69, 9.17) is 0 Å². The van der Waals surface area contributed by atoms with E-state index >= 15 is 0 Å². The van der Waals surface area contributed by atoms with Crippen LogP contribution in [-0.4, -0.2) is 0 Å². The highest BCUT2D eigenvalue weighted by Crippen LogP contribution is 2.42. The summed E-state index contributed by atoms with van der Waals surface area (Å²) < 4.78 is 0. The predicted molar refractivity (Wildman–Crippen MR) is 293 cm³/mol. The summed E-state index contributed by atoms with van der Waals surface area (Å²) in [4.78, 5) is 4.79. The summed E-state index contributed by atoms with van der Waals surface area (Å²) in [5.41, 5.74) is 26.3. The fraction of sp³-hybridized carbons (Fsp3) is 0.121. The van der Waals surface area contributed by atoms with Crippen molar-refractivity contribution < 1.29 is 0 Å². The van der Waals surface area contributed by atoms with Gasteiger partial charge in [0.05, 0.1) is 11.4 Å². The fourth-order valence-electron chi connectivity index (χ4n) is 9.76. The normalized spacial score (nSPS) is 11.7. The van der Waals surface area contributed by atoms with Gasteiger partial charge in [0.15, 0.2) is 0 Å². The molecule has 0 saturated carbocycles. The SMILES string of the molecule is Cc1ccc(N(c2ccc(C=C(c3ccccc3)c3ccc(C(=Cc4ccc(N(c5ccc(C)cc5)c5c(C)cc(C)cc5C)cc4)c4ccccc4)cc3)cc2)c2c(C)cc(C)cc2C)cc1. The van der Waals surface area contributed by atoms with Gasteiger partial charge in [0.1, 0.15) is 0 Å². The van der Waals surface area contributed by atoms with Crippen LogP contribution in [0.15, 0.2) is 206 Å². The van der Waals surface area contributed by atoms with Crippen LogP contribution in [0.5, 0.6) is 0 Å². The molecule has 0 bridgehead atoms. The molecule has 0 N–H and O–H groups in total. The zero-order valence-electron chi connectivity index (χ0n) is 40.7. The minimum atomic E-state index is 1.13. The molecule has 0 amide bonds. The van der Waals surface area contributed by atoms with Crippen molar-refractivity contribution in [3.63, 3.8) is 0 Å². The number of benzene rings is 9. The molecule has 0 heterocycles. The molecule has 2 heteroatoms. The third-order valence-corrected chi connectivity index (χ3v) is 12.9. The van der Waals surface area contributed by atoms with Gasteiger partial charge in [-0.05, 0) is 183 Å². The van der Waals surface area contributed by atoms with Crippen molar-refractivity contribution in [2.24, 2.45) is 0 Å². The molecule has 0 aliphatic rings. The second-order valence-electron chi connectivity index (χ2n) is 18.4. The van der Waals surface area contributed by atoms with Gasteiger partial charge < -0.3 is 9.80 Å². The number of hydrogen-bond donors (Lipinski definition) is 0. The molecule has 0 spiro atoms. The Morgan fingerprint density at radius 2 is 0.544 bits per heavy atom. The number of aryl methyl sites for hydroxylation is 8. The van der Waals surface area contributed by atoms with E-state index in [9.17, 15) is 0 Å². The van der Waals surface area contributed by atoms with Crippen molar-refractivity contribution in [2.75, 3.05) is 9.80 Å². The quantitative estimate of drug-likeness (QED) is 0.113. The van der Waals surface area contributed by atoms with Gasteiger partial charge in [-0.1, -0.05) is 180 Å². The summed E-state index contributed by atoms with van der Waals surface area (Å²) in [5, 5.41) is 0. The molecule has 0 unspecified atom stereocenters. The van der Waals surface area contributed by atoms with Gasteiger partial charge in [-0.25, -0.2) is 0 Å². The van der Waals surface area contributed by atoms with Crippen LogP contribution in [0.2, 0.25) is 0 Å². The van der Waals surface area contributed by atoms with Gasteiger partial charge in [0.2, 0.25) is 0 Å². The van der Waals surface area contributed by atoms with Crippen LogP contribution in [-0.2, 0) is 0 Å². The maximum atomic E-state index is 2.40. The third-order valence-electron chi connectivity index (χ3n) is 12.9. The molecule has 0 saturated heterocycles. The second kappa shape index (κ2) is 19.9. The molecule has 0 atom stereocenters. The summed E-state index contributed by atoms with van der Waals surface area (Å²) in [7, 11) is 0. The lowest BCUT2D eigenvalue weighted by Gasteiger charge is -2.29. The highest BCUT2D eigenvalue weighted by atomic mass is 15.2. The topological polar surface area (TPSA) is 6.48 Å². The van der Waals surface area contributed by atoms with Crippen LogP contribution in [0.25, 0.3) is 23.3 Å². The van der Waals surface area contributed by atoms with Crippen LogP contribution in [0.1, 0.15) is 77.9 Å². The average molecular weight is 881 g/mol. The maximum absolute atomic E-state index is 2.40. The monoisotopic (exact) mass is 880 g/mol. The van der Waals surface area contributed by atoms with Gasteiger partial charge in [-0.2, -0.15) is 0 Å². The first-order valence-electron chi connectivity index (χ1n) is 23.7. The van der Waals surface area contributed by atoms with Gasteiger partial charge in [-0.3, -0.25) is 0 Å². The molecule has 0 aromatic heterocycles. The van der Waals surface area contributed by atoms with Crippen LogP contribution in [0.4, 0.5) is 34.1 Å². The lowest BCUT2D eigenvalue weighted by molar-refractivity contribution is 1.20. The summed E-state index contributed by atoms with van der Waals surface area (Å²) in [6.45, 7) is 17.5.